The van der Waals surface area contributed by atoms with Crippen molar-refractivity contribution in [1.82, 2.24) is 4.57 Å². The zero-order chi connectivity index (χ0) is 12.7. The monoisotopic (exact) mass is 291 g/mol. The zero-order valence-electron chi connectivity index (χ0n) is 9.47. The van der Waals surface area contributed by atoms with E-state index in [4.69, 9.17) is 34.8 Å². The number of benzene rings is 1. The van der Waals surface area contributed by atoms with Gasteiger partial charge in [-0.3, -0.25) is 0 Å². The van der Waals surface area contributed by atoms with Crippen LogP contribution in [-0.4, -0.2) is 9.67 Å². The number of hydrogen-bond acceptors (Lipinski definition) is 1. The van der Waals surface area contributed by atoms with Crippen molar-refractivity contribution in [2.75, 3.05) is 0 Å². The fraction of sp³-hybridized carbons (Fsp3) is 0.333. The lowest BCUT2D eigenvalue weighted by molar-refractivity contribution is 0.200. The first-order valence-corrected chi connectivity index (χ1v) is 6.45. The van der Waals surface area contributed by atoms with Gasteiger partial charge in [0.15, 0.2) is 0 Å². The second-order valence-electron chi connectivity index (χ2n) is 3.91. The second-order valence-corrected chi connectivity index (χ2v) is 5.11. The average Bonchev–Trinajstić information content (AvgIpc) is 2.50. The fourth-order valence-electron chi connectivity index (χ4n) is 2.08. The molecule has 1 atom stereocenters. The van der Waals surface area contributed by atoms with Crippen molar-refractivity contribution < 1.29 is 5.11 Å². The number of aromatic nitrogens is 1. The van der Waals surface area contributed by atoms with Crippen LogP contribution in [0.4, 0.5) is 0 Å². The van der Waals surface area contributed by atoms with Crippen LogP contribution in [0.25, 0.3) is 10.9 Å². The first-order chi connectivity index (χ1) is 7.97. The number of rotatable bonds is 2. The summed E-state index contributed by atoms with van der Waals surface area (Å²) >= 11 is 18.4. The summed E-state index contributed by atoms with van der Waals surface area (Å²) in [6.45, 7) is 4.34. The Balaban J connectivity index is 2.95. The highest BCUT2D eigenvalue weighted by atomic mass is 35.5. The van der Waals surface area contributed by atoms with Crippen LogP contribution in [0.15, 0.2) is 12.1 Å². The van der Waals surface area contributed by atoms with Gasteiger partial charge in [-0.2, -0.15) is 0 Å². The molecule has 5 heteroatoms. The third-order valence-corrected chi connectivity index (χ3v) is 3.71. The highest BCUT2D eigenvalue weighted by Crippen LogP contribution is 2.39. The lowest BCUT2D eigenvalue weighted by atomic mass is 10.1. The molecule has 0 aliphatic carbocycles. The summed E-state index contributed by atoms with van der Waals surface area (Å²) in [6.07, 6.45) is -0.670. The Hall–Kier alpha value is -0.410. The number of fused-ring (bicyclic) bond motifs is 1. The number of halogens is 3. The summed E-state index contributed by atoms with van der Waals surface area (Å²) in [5.74, 6) is 0. The van der Waals surface area contributed by atoms with Crippen LogP contribution in [0.1, 0.15) is 25.5 Å². The number of hydrogen-bond donors (Lipinski definition) is 1. The van der Waals surface area contributed by atoms with Gasteiger partial charge >= 0.3 is 0 Å². The summed E-state index contributed by atoms with van der Waals surface area (Å²) in [7, 11) is 0. The van der Waals surface area contributed by atoms with E-state index >= 15 is 0 Å². The Morgan fingerprint density at radius 2 is 1.94 bits per heavy atom. The van der Waals surface area contributed by atoms with Crippen molar-refractivity contribution in [2.24, 2.45) is 0 Å². The van der Waals surface area contributed by atoms with Crippen LogP contribution in [0.2, 0.25) is 15.2 Å². The maximum absolute atomic E-state index is 9.82. The van der Waals surface area contributed by atoms with Crippen LogP contribution < -0.4 is 0 Å². The van der Waals surface area contributed by atoms with Gasteiger partial charge in [-0.25, -0.2) is 0 Å². The molecule has 0 radical (unpaired) electrons. The molecular weight excluding hydrogens is 280 g/mol. The molecule has 0 aliphatic heterocycles. The van der Waals surface area contributed by atoms with Gasteiger partial charge in [-0.1, -0.05) is 34.8 Å². The minimum absolute atomic E-state index is 0.512. The molecule has 0 aliphatic rings. The van der Waals surface area contributed by atoms with Crippen molar-refractivity contribution in [3.8, 4) is 0 Å². The highest BCUT2D eigenvalue weighted by Gasteiger charge is 2.21. The van der Waals surface area contributed by atoms with E-state index in [9.17, 15) is 5.11 Å². The number of aliphatic hydroxyl groups is 1. The van der Waals surface area contributed by atoms with E-state index in [1.54, 1.807) is 13.0 Å². The van der Waals surface area contributed by atoms with E-state index in [-0.39, 0.29) is 0 Å². The van der Waals surface area contributed by atoms with Gasteiger partial charge in [0.25, 0.3) is 0 Å². The molecule has 0 fully saturated rings. The van der Waals surface area contributed by atoms with Gasteiger partial charge in [-0.15, -0.1) is 0 Å². The van der Waals surface area contributed by atoms with Crippen molar-refractivity contribution in [3.63, 3.8) is 0 Å². The molecule has 2 rings (SSSR count). The Morgan fingerprint density at radius 1 is 1.29 bits per heavy atom. The van der Waals surface area contributed by atoms with E-state index in [1.807, 2.05) is 17.6 Å². The summed E-state index contributed by atoms with van der Waals surface area (Å²) in [4.78, 5) is 0. The van der Waals surface area contributed by atoms with Crippen LogP contribution in [-0.2, 0) is 6.54 Å². The molecule has 0 spiro atoms. The van der Waals surface area contributed by atoms with Gasteiger partial charge in [0, 0.05) is 22.5 Å². The summed E-state index contributed by atoms with van der Waals surface area (Å²) in [5.41, 5.74) is 1.51. The normalized spacial score (nSPS) is 13.3. The van der Waals surface area contributed by atoms with Crippen LogP contribution in [0.3, 0.4) is 0 Å². The van der Waals surface area contributed by atoms with Crippen molar-refractivity contribution >= 4 is 45.7 Å². The molecule has 1 aromatic heterocycles. The molecule has 2 aromatic rings. The van der Waals surface area contributed by atoms with Gasteiger partial charge in [0.1, 0.15) is 5.15 Å². The Kier molecular flexibility index (Phi) is 3.60. The first kappa shape index (κ1) is 13.0. The highest BCUT2D eigenvalue weighted by molar-refractivity contribution is 6.40. The Bertz CT molecular complexity index is 575. The van der Waals surface area contributed by atoms with Gasteiger partial charge in [0.2, 0.25) is 0 Å². The van der Waals surface area contributed by atoms with Gasteiger partial charge in [-0.05, 0) is 26.0 Å². The third-order valence-electron chi connectivity index (χ3n) is 2.79. The molecular formula is C12H12Cl3NO. The first-order valence-electron chi connectivity index (χ1n) is 5.32. The quantitative estimate of drug-likeness (QED) is 0.854. The molecule has 1 aromatic carbocycles. The average molecular weight is 293 g/mol. The van der Waals surface area contributed by atoms with E-state index in [1.165, 1.54) is 0 Å². The summed E-state index contributed by atoms with van der Waals surface area (Å²) in [5, 5.41) is 12.2. The zero-order valence-corrected chi connectivity index (χ0v) is 11.7. The standard InChI is InChI=1S/C12H12Cl3NO/c1-3-16-9-5-7(13)4-8(14)11(9)10(6(2)17)12(16)15/h4-6,17H,3H2,1-2H3. The maximum Gasteiger partial charge on any atom is 0.115 e. The SMILES string of the molecule is CCn1c(Cl)c(C(C)O)c2c(Cl)cc(Cl)cc21. The molecule has 17 heavy (non-hydrogen) atoms. The molecule has 1 unspecified atom stereocenters. The minimum atomic E-state index is -0.670. The Morgan fingerprint density at radius 3 is 2.47 bits per heavy atom. The largest absolute Gasteiger partial charge is 0.389 e. The van der Waals surface area contributed by atoms with E-state index in [0.29, 0.717) is 27.3 Å². The Labute approximate surface area is 115 Å². The topological polar surface area (TPSA) is 25.2 Å². The van der Waals surface area contributed by atoms with Gasteiger partial charge in [0.05, 0.1) is 16.6 Å². The molecule has 1 heterocycles. The number of aryl methyl sites for hydroxylation is 1. The van der Waals surface area contributed by atoms with E-state index in [2.05, 4.69) is 0 Å². The van der Waals surface area contributed by atoms with E-state index in [0.717, 1.165) is 10.9 Å². The van der Waals surface area contributed by atoms with Crippen molar-refractivity contribution in [1.29, 1.82) is 0 Å². The number of nitrogens with zero attached hydrogens (tertiary/aromatic N) is 1. The molecule has 0 bridgehead atoms. The number of aliphatic hydroxyl groups excluding tert-OH is 1. The van der Waals surface area contributed by atoms with Crippen LogP contribution >= 0.6 is 34.8 Å². The molecule has 0 saturated carbocycles. The maximum atomic E-state index is 9.82. The van der Waals surface area contributed by atoms with E-state index < -0.39 is 6.10 Å². The molecule has 0 saturated heterocycles. The minimum Gasteiger partial charge on any atom is -0.389 e. The lowest BCUT2D eigenvalue weighted by Gasteiger charge is -2.04. The van der Waals surface area contributed by atoms with Crippen molar-refractivity contribution in [2.45, 2.75) is 26.5 Å². The smallest absolute Gasteiger partial charge is 0.115 e. The molecule has 0 amide bonds. The lowest BCUT2D eigenvalue weighted by Crippen LogP contribution is -1.95. The summed E-state index contributed by atoms with van der Waals surface area (Å²) in [6, 6.07) is 3.47. The van der Waals surface area contributed by atoms with Crippen LogP contribution in [0.5, 0.6) is 0 Å². The van der Waals surface area contributed by atoms with Gasteiger partial charge < -0.3 is 9.67 Å². The summed E-state index contributed by atoms with van der Waals surface area (Å²) < 4.78 is 1.89. The van der Waals surface area contributed by atoms with Crippen LogP contribution in [0, 0.1) is 0 Å². The second kappa shape index (κ2) is 4.69. The molecule has 92 valence electrons. The predicted molar refractivity (Wildman–Crippen MR) is 73.3 cm³/mol. The molecule has 2 nitrogen and oxygen atoms in total. The fourth-order valence-corrected chi connectivity index (χ4v) is 3.13. The van der Waals surface area contributed by atoms with Crippen molar-refractivity contribution in [3.05, 3.63) is 32.9 Å². The predicted octanol–water partition coefficient (Wildman–Crippen LogP) is 4.67. The molecule has 1 N–H and O–H groups in total. The third kappa shape index (κ3) is 2.04.